The molecular formula is C18H24N4O2. The molecule has 6 heteroatoms. The molecule has 0 radical (unpaired) electrons. The molecule has 1 fully saturated rings. The maximum absolute atomic E-state index is 12.9. The van der Waals surface area contributed by atoms with Crippen LogP contribution in [0, 0.1) is 0 Å². The quantitative estimate of drug-likeness (QED) is 0.937. The minimum Gasteiger partial charge on any atom is -0.337 e. The van der Waals surface area contributed by atoms with Gasteiger partial charge in [0, 0.05) is 25.0 Å². The lowest BCUT2D eigenvalue weighted by molar-refractivity contribution is 0.0744. The van der Waals surface area contributed by atoms with Gasteiger partial charge in [-0.05, 0) is 25.1 Å². The predicted octanol–water partition coefficient (Wildman–Crippen LogP) is 2.47. The molecule has 1 aliphatic heterocycles. The Morgan fingerprint density at radius 1 is 1.33 bits per heavy atom. The lowest BCUT2D eigenvalue weighted by Crippen LogP contribution is -2.38. The van der Waals surface area contributed by atoms with Gasteiger partial charge in [-0.1, -0.05) is 38.1 Å². The molecule has 1 aromatic heterocycles. The Bertz CT molecular complexity index is 727. The molecular weight excluding hydrogens is 304 g/mol. The lowest BCUT2D eigenvalue weighted by atomic mass is 9.96. The Hall–Kier alpha value is -2.21. The SMILES string of the molecule is CN(C(=O)c1ccccc1-c1nc(C(C)(C)C)no1)C1CCNC1. The number of nitrogens with zero attached hydrogens (tertiary/aromatic N) is 3. The van der Waals surface area contributed by atoms with Crippen molar-refractivity contribution in [3.63, 3.8) is 0 Å². The summed E-state index contributed by atoms with van der Waals surface area (Å²) in [5.41, 5.74) is 1.08. The zero-order valence-electron chi connectivity index (χ0n) is 14.7. The molecule has 3 rings (SSSR count). The Labute approximate surface area is 142 Å². The van der Waals surface area contributed by atoms with E-state index in [1.54, 1.807) is 4.90 Å². The summed E-state index contributed by atoms with van der Waals surface area (Å²) in [7, 11) is 1.85. The first kappa shape index (κ1) is 16.6. The van der Waals surface area contributed by atoms with Crippen molar-refractivity contribution in [1.29, 1.82) is 0 Å². The molecule has 1 atom stereocenters. The number of nitrogens with one attached hydrogen (secondary N) is 1. The predicted molar refractivity (Wildman–Crippen MR) is 91.8 cm³/mol. The lowest BCUT2D eigenvalue weighted by Gasteiger charge is -2.24. The van der Waals surface area contributed by atoms with E-state index in [4.69, 9.17) is 4.52 Å². The molecule has 0 aliphatic carbocycles. The third kappa shape index (κ3) is 3.19. The molecule has 0 bridgehead atoms. The number of benzene rings is 1. The average molecular weight is 328 g/mol. The fraction of sp³-hybridized carbons (Fsp3) is 0.500. The number of carbonyl (C=O) groups excluding carboxylic acids is 1. The van der Waals surface area contributed by atoms with Gasteiger partial charge in [0.25, 0.3) is 11.8 Å². The second-order valence-corrected chi connectivity index (χ2v) is 7.28. The second kappa shape index (κ2) is 6.36. The average Bonchev–Trinajstić information content (AvgIpc) is 3.24. The maximum Gasteiger partial charge on any atom is 0.258 e. The van der Waals surface area contributed by atoms with Crippen molar-refractivity contribution < 1.29 is 9.32 Å². The van der Waals surface area contributed by atoms with E-state index in [1.165, 1.54) is 0 Å². The van der Waals surface area contributed by atoms with Crippen molar-refractivity contribution in [3.8, 4) is 11.5 Å². The Morgan fingerprint density at radius 3 is 2.71 bits per heavy atom. The number of hydrogen-bond donors (Lipinski definition) is 1. The van der Waals surface area contributed by atoms with E-state index in [2.05, 4.69) is 15.5 Å². The van der Waals surface area contributed by atoms with Crippen LogP contribution in [-0.4, -0.2) is 47.1 Å². The van der Waals surface area contributed by atoms with Crippen LogP contribution in [0.2, 0.25) is 0 Å². The molecule has 2 heterocycles. The number of aromatic nitrogens is 2. The first-order valence-corrected chi connectivity index (χ1v) is 8.29. The molecule has 6 nitrogen and oxygen atoms in total. The van der Waals surface area contributed by atoms with E-state index in [9.17, 15) is 4.79 Å². The van der Waals surface area contributed by atoms with Gasteiger partial charge in [-0.25, -0.2) is 0 Å². The summed E-state index contributed by atoms with van der Waals surface area (Å²) in [6.07, 6.45) is 0.971. The first-order chi connectivity index (χ1) is 11.4. The topological polar surface area (TPSA) is 71.3 Å². The fourth-order valence-electron chi connectivity index (χ4n) is 2.82. The third-order valence-electron chi connectivity index (χ3n) is 4.39. The summed E-state index contributed by atoms with van der Waals surface area (Å²) in [5, 5.41) is 7.36. The number of hydrogen-bond acceptors (Lipinski definition) is 5. The molecule has 0 saturated carbocycles. The van der Waals surface area contributed by atoms with E-state index in [0.29, 0.717) is 22.8 Å². The summed E-state index contributed by atoms with van der Waals surface area (Å²) in [4.78, 5) is 19.2. The Morgan fingerprint density at radius 2 is 2.08 bits per heavy atom. The van der Waals surface area contributed by atoms with Gasteiger partial charge in [0.05, 0.1) is 11.1 Å². The maximum atomic E-state index is 12.9. The summed E-state index contributed by atoms with van der Waals surface area (Å²) < 4.78 is 5.43. The van der Waals surface area contributed by atoms with Gasteiger partial charge in [-0.15, -0.1) is 0 Å². The molecule has 2 aromatic rings. The molecule has 1 aliphatic rings. The molecule has 1 aromatic carbocycles. The van der Waals surface area contributed by atoms with Crippen LogP contribution in [0.4, 0.5) is 0 Å². The summed E-state index contributed by atoms with van der Waals surface area (Å²) in [6.45, 7) is 7.86. The minimum absolute atomic E-state index is 0.0187. The zero-order valence-corrected chi connectivity index (χ0v) is 14.7. The van der Waals surface area contributed by atoms with E-state index in [-0.39, 0.29) is 17.4 Å². The minimum atomic E-state index is -0.201. The van der Waals surface area contributed by atoms with Gasteiger partial charge in [-0.3, -0.25) is 4.79 Å². The van der Waals surface area contributed by atoms with Crippen LogP contribution in [0.15, 0.2) is 28.8 Å². The zero-order chi connectivity index (χ0) is 17.3. The van der Waals surface area contributed by atoms with Crippen molar-refractivity contribution in [1.82, 2.24) is 20.4 Å². The van der Waals surface area contributed by atoms with Crippen molar-refractivity contribution in [2.24, 2.45) is 0 Å². The number of likely N-dealkylation sites (N-methyl/N-ethyl adjacent to an activating group) is 1. The van der Waals surface area contributed by atoms with E-state index < -0.39 is 0 Å². The summed E-state index contributed by atoms with van der Waals surface area (Å²) in [6, 6.07) is 7.63. The normalized spacial score (nSPS) is 17.9. The largest absolute Gasteiger partial charge is 0.337 e. The summed E-state index contributed by atoms with van der Waals surface area (Å²) in [5.74, 6) is 1.00. The van der Waals surface area contributed by atoms with Crippen LogP contribution in [-0.2, 0) is 5.41 Å². The van der Waals surface area contributed by atoms with Gasteiger partial charge in [0.1, 0.15) is 0 Å². The Balaban J connectivity index is 1.93. The van der Waals surface area contributed by atoms with Crippen LogP contribution in [0.3, 0.4) is 0 Å². The van der Waals surface area contributed by atoms with Crippen LogP contribution >= 0.6 is 0 Å². The highest BCUT2D eigenvalue weighted by molar-refractivity contribution is 6.00. The van der Waals surface area contributed by atoms with Crippen LogP contribution in [0.1, 0.15) is 43.4 Å². The molecule has 1 saturated heterocycles. The smallest absolute Gasteiger partial charge is 0.258 e. The van der Waals surface area contributed by atoms with Gasteiger partial charge in [0.2, 0.25) is 0 Å². The van der Waals surface area contributed by atoms with Gasteiger partial charge >= 0.3 is 0 Å². The monoisotopic (exact) mass is 328 g/mol. The Kier molecular flexibility index (Phi) is 4.41. The van der Waals surface area contributed by atoms with Crippen molar-refractivity contribution in [2.75, 3.05) is 20.1 Å². The second-order valence-electron chi connectivity index (χ2n) is 7.28. The standard InChI is InChI=1S/C18H24N4O2/c1-18(2,3)17-20-15(24-21-17)13-7-5-6-8-14(13)16(23)22(4)12-9-10-19-11-12/h5-8,12,19H,9-11H2,1-4H3. The first-order valence-electron chi connectivity index (χ1n) is 8.29. The van der Waals surface area contributed by atoms with E-state index >= 15 is 0 Å². The van der Waals surface area contributed by atoms with Gasteiger partial charge in [0.15, 0.2) is 5.82 Å². The van der Waals surface area contributed by atoms with Crippen LogP contribution in [0.25, 0.3) is 11.5 Å². The van der Waals surface area contributed by atoms with Crippen molar-refractivity contribution >= 4 is 5.91 Å². The highest BCUT2D eigenvalue weighted by atomic mass is 16.5. The van der Waals surface area contributed by atoms with Gasteiger partial charge in [-0.2, -0.15) is 4.98 Å². The molecule has 1 unspecified atom stereocenters. The van der Waals surface area contributed by atoms with Crippen molar-refractivity contribution in [3.05, 3.63) is 35.7 Å². The van der Waals surface area contributed by atoms with E-state index in [0.717, 1.165) is 19.5 Å². The number of rotatable bonds is 3. The highest BCUT2D eigenvalue weighted by Crippen LogP contribution is 2.27. The molecule has 24 heavy (non-hydrogen) atoms. The molecule has 1 amide bonds. The molecule has 0 spiro atoms. The third-order valence-corrected chi connectivity index (χ3v) is 4.39. The highest BCUT2D eigenvalue weighted by Gasteiger charge is 2.28. The number of amides is 1. The van der Waals surface area contributed by atoms with Crippen LogP contribution in [0.5, 0.6) is 0 Å². The number of carbonyl (C=O) groups is 1. The summed E-state index contributed by atoms with van der Waals surface area (Å²) >= 11 is 0. The van der Waals surface area contributed by atoms with Crippen LogP contribution < -0.4 is 5.32 Å². The van der Waals surface area contributed by atoms with Crippen molar-refractivity contribution in [2.45, 2.75) is 38.6 Å². The van der Waals surface area contributed by atoms with E-state index in [1.807, 2.05) is 52.1 Å². The fourth-order valence-corrected chi connectivity index (χ4v) is 2.82. The molecule has 1 N–H and O–H groups in total. The molecule has 128 valence electrons. The van der Waals surface area contributed by atoms with Gasteiger partial charge < -0.3 is 14.7 Å².